The van der Waals surface area contributed by atoms with Crippen LogP contribution in [0.5, 0.6) is 0 Å². The third-order valence-corrected chi connectivity index (χ3v) is 4.48. The maximum Gasteiger partial charge on any atom is 0.416 e. The topological polar surface area (TPSA) is 44.9 Å². The first-order valence-electron chi connectivity index (χ1n) is 7.73. The number of benzene rings is 1. The molecule has 0 amide bonds. The minimum absolute atomic E-state index is 0.0738. The summed E-state index contributed by atoms with van der Waals surface area (Å²) in [6.45, 7) is 1.42. The number of nitriles is 1. The van der Waals surface area contributed by atoms with E-state index in [-0.39, 0.29) is 5.56 Å². The third kappa shape index (κ3) is 3.23. The average molecular weight is 334 g/mol. The molecule has 0 N–H and O–H groups in total. The second-order valence-corrected chi connectivity index (χ2v) is 6.05. The predicted octanol–water partition coefficient (Wildman–Crippen LogP) is 3.69. The molecule has 1 aliphatic heterocycles. The molecule has 0 saturated carbocycles. The van der Waals surface area contributed by atoms with Crippen LogP contribution in [0, 0.1) is 11.3 Å². The minimum Gasteiger partial charge on any atom is -0.370 e. The molecule has 0 spiro atoms. The molecule has 4 nitrogen and oxygen atoms in total. The van der Waals surface area contributed by atoms with E-state index in [0.29, 0.717) is 24.7 Å². The van der Waals surface area contributed by atoms with Crippen molar-refractivity contribution in [1.82, 2.24) is 9.78 Å². The summed E-state index contributed by atoms with van der Waals surface area (Å²) in [6, 6.07) is 5.28. The number of aromatic nitrogens is 2. The Hall–Kier alpha value is -2.49. The summed E-state index contributed by atoms with van der Waals surface area (Å²) < 4.78 is 40.1. The van der Waals surface area contributed by atoms with Crippen LogP contribution < -0.4 is 4.90 Å². The van der Waals surface area contributed by atoms with Crippen LogP contribution in [0.2, 0.25) is 0 Å². The van der Waals surface area contributed by atoms with Crippen molar-refractivity contribution in [3.63, 3.8) is 0 Å². The van der Waals surface area contributed by atoms with Crippen molar-refractivity contribution in [3.05, 3.63) is 47.3 Å². The molecule has 24 heavy (non-hydrogen) atoms. The molecular weight excluding hydrogens is 317 g/mol. The summed E-state index contributed by atoms with van der Waals surface area (Å²) in [5, 5.41) is 13.4. The lowest BCUT2D eigenvalue weighted by Gasteiger charge is -2.34. The molecule has 2 aromatic rings. The molecule has 7 heteroatoms. The molecule has 0 atom stereocenters. The summed E-state index contributed by atoms with van der Waals surface area (Å²) in [7, 11) is 1.88. The van der Waals surface area contributed by atoms with Gasteiger partial charge in [-0.15, -0.1) is 0 Å². The van der Waals surface area contributed by atoms with Gasteiger partial charge in [-0.05, 0) is 42.5 Å². The monoisotopic (exact) mass is 334 g/mol. The van der Waals surface area contributed by atoms with Crippen LogP contribution in [-0.4, -0.2) is 22.9 Å². The van der Waals surface area contributed by atoms with Crippen LogP contribution >= 0.6 is 0 Å². The van der Waals surface area contributed by atoms with Crippen molar-refractivity contribution < 1.29 is 13.2 Å². The first kappa shape index (κ1) is 16.4. The molecule has 0 aliphatic carbocycles. The molecule has 2 heterocycles. The lowest BCUT2D eigenvalue weighted by molar-refractivity contribution is -0.137. The van der Waals surface area contributed by atoms with E-state index in [1.807, 2.05) is 30.4 Å². The van der Waals surface area contributed by atoms with E-state index in [4.69, 9.17) is 0 Å². The number of anilines is 1. The Morgan fingerprint density at radius 2 is 1.96 bits per heavy atom. The van der Waals surface area contributed by atoms with Crippen molar-refractivity contribution >= 4 is 5.69 Å². The van der Waals surface area contributed by atoms with Gasteiger partial charge in [0.2, 0.25) is 0 Å². The number of nitrogens with zero attached hydrogens (tertiary/aromatic N) is 4. The van der Waals surface area contributed by atoms with E-state index in [9.17, 15) is 18.4 Å². The number of hydrogen-bond donors (Lipinski definition) is 0. The standard InChI is InChI=1S/C17H17F3N4/c1-23-11-14(10-22-23)12-4-6-24(7-5-12)16-3-2-15(17(18,19)20)8-13(16)9-21/h2-3,8,10-12H,4-7H2,1H3. The smallest absolute Gasteiger partial charge is 0.370 e. The molecule has 3 rings (SSSR count). The number of rotatable bonds is 2. The molecule has 1 fully saturated rings. The number of halogens is 3. The fourth-order valence-electron chi connectivity index (χ4n) is 3.18. The molecule has 1 aromatic heterocycles. The Bertz CT molecular complexity index is 765. The summed E-state index contributed by atoms with van der Waals surface area (Å²) in [4.78, 5) is 1.99. The van der Waals surface area contributed by atoms with E-state index >= 15 is 0 Å². The molecule has 0 unspecified atom stereocenters. The maximum atomic E-state index is 12.8. The van der Waals surface area contributed by atoms with Gasteiger partial charge in [0.05, 0.1) is 23.0 Å². The summed E-state index contributed by atoms with van der Waals surface area (Å²) in [5.74, 6) is 0.398. The van der Waals surface area contributed by atoms with Crippen molar-refractivity contribution in [3.8, 4) is 6.07 Å². The Labute approximate surface area is 138 Å². The van der Waals surface area contributed by atoms with Gasteiger partial charge in [-0.3, -0.25) is 4.68 Å². The van der Waals surface area contributed by atoms with Crippen molar-refractivity contribution in [2.75, 3.05) is 18.0 Å². The van der Waals surface area contributed by atoms with Crippen LogP contribution in [0.1, 0.15) is 35.4 Å². The van der Waals surface area contributed by atoms with Crippen LogP contribution in [0.15, 0.2) is 30.6 Å². The maximum absolute atomic E-state index is 12.8. The third-order valence-electron chi connectivity index (χ3n) is 4.48. The molecular formula is C17H17F3N4. The average Bonchev–Trinajstić information content (AvgIpc) is 3.00. The second-order valence-electron chi connectivity index (χ2n) is 6.05. The first-order chi connectivity index (χ1) is 11.4. The van der Waals surface area contributed by atoms with Gasteiger partial charge in [-0.25, -0.2) is 0 Å². The molecule has 1 aromatic carbocycles. The van der Waals surface area contributed by atoms with Gasteiger partial charge in [-0.2, -0.15) is 23.5 Å². The van der Waals surface area contributed by atoms with E-state index in [2.05, 4.69) is 5.10 Å². The van der Waals surface area contributed by atoms with Gasteiger partial charge in [0.15, 0.2) is 0 Å². The lowest BCUT2D eigenvalue weighted by atomic mass is 9.91. The Kier molecular flexibility index (Phi) is 4.22. The van der Waals surface area contributed by atoms with Crippen molar-refractivity contribution in [2.24, 2.45) is 7.05 Å². The van der Waals surface area contributed by atoms with Gasteiger partial charge in [-0.1, -0.05) is 0 Å². The summed E-state index contributed by atoms with van der Waals surface area (Å²) in [6.07, 6.45) is 1.20. The quantitative estimate of drug-likeness (QED) is 0.841. The summed E-state index contributed by atoms with van der Waals surface area (Å²) >= 11 is 0. The zero-order valence-electron chi connectivity index (χ0n) is 13.2. The van der Waals surface area contributed by atoms with E-state index < -0.39 is 11.7 Å². The Morgan fingerprint density at radius 3 is 2.50 bits per heavy atom. The van der Waals surface area contributed by atoms with Crippen molar-refractivity contribution in [1.29, 1.82) is 5.26 Å². The molecule has 1 saturated heterocycles. The largest absolute Gasteiger partial charge is 0.416 e. The highest BCUT2D eigenvalue weighted by Gasteiger charge is 2.32. The van der Waals surface area contributed by atoms with Crippen LogP contribution in [0.3, 0.4) is 0 Å². The molecule has 1 aliphatic rings. The zero-order valence-corrected chi connectivity index (χ0v) is 13.2. The number of hydrogen-bond acceptors (Lipinski definition) is 3. The highest BCUT2D eigenvalue weighted by atomic mass is 19.4. The Morgan fingerprint density at radius 1 is 1.25 bits per heavy atom. The van der Waals surface area contributed by atoms with Gasteiger partial charge in [0.1, 0.15) is 6.07 Å². The highest BCUT2D eigenvalue weighted by molar-refractivity contribution is 5.61. The molecule has 126 valence electrons. The zero-order chi connectivity index (χ0) is 17.3. The number of aryl methyl sites for hydroxylation is 1. The Balaban J connectivity index is 1.76. The van der Waals surface area contributed by atoms with Gasteiger partial charge in [0.25, 0.3) is 0 Å². The SMILES string of the molecule is Cn1cc(C2CCN(c3ccc(C(F)(F)F)cc3C#N)CC2)cn1. The van der Waals surface area contributed by atoms with E-state index in [1.165, 1.54) is 11.6 Å². The lowest BCUT2D eigenvalue weighted by Crippen LogP contribution is -2.33. The van der Waals surface area contributed by atoms with E-state index in [0.717, 1.165) is 25.0 Å². The normalized spacial score (nSPS) is 16.2. The van der Waals surface area contributed by atoms with Crippen LogP contribution in [-0.2, 0) is 13.2 Å². The van der Waals surface area contributed by atoms with Gasteiger partial charge < -0.3 is 4.90 Å². The van der Waals surface area contributed by atoms with Crippen LogP contribution in [0.4, 0.5) is 18.9 Å². The van der Waals surface area contributed by atoms with Crippen molar-refractivity contribution in [2.45, 2.75) is 24.9 Å². The number of alkyl halides is 3. The van der Waals surface area contributed by atoms with Crippen LogP contribution in [0.25, 0.3) is 0 Å². The van der Waals surface area contributed by atoms with E-state index in [1.54, 1.807) is 4.68 Å². The van der Waals surface area contributed by atoms with Gasteiger partial charge >= 0.3 is 6.18 Å². The highest BCUT2D eigenvalue weighted by Crippen LogP contribution is 2.35. The van der Waals surface area contributed by atoms with Gasteiger partial charge in [0, 0.05) is 26.3 Å². The fraction of sp³-hybridized carbons (Fsp3) is 0.412. The first-order valence-corrected chi connectivity index (χ1v) is 7.73. The molecule has 0 bridgehead atoms. The summed E-state index contributed by atoms with van der Waals surface area (Å²) in [5.41, 5.74) is 1.05. The number of piperidine rings is 1. The minimum atomic E-state index is -4.43. The fourth-order valence-corrected chi connectivity index (χ4v) is 3.18. The molecule has 0 radical (unpaired) electrons. The second kappa shape index (κ2) is 6.19. The predicted molar refractivity (Wildman–Crippen MR) is 83.6 cm³/mol.